The highest BCUT2D eigenvalue weighted by molar-refractivity contribution is 5.95. The minimum Gasteiger partial charge on any atom is -0.337 e. The number of aryl methyl sites for hydroxylation is 2. The van der Waals surface area contributed by atoms with Gasteiger partial charge >= 0.3 is 0 Å². The van der Waals surface area contributed by atoms with Crippen LogP contribution in [0.15, 0.2) is 29.5 Å². The fourth-order valence-electron chi connectivity index (χ4n) is 3.30. The van der Waals surface area contributed by atoms with Gasteiger partial charge in [0.25, 0.3) is 5.91 Å². The molecule has 1 aliphatic rings. The van der Waals surface area contributed by atoms with E-state index < -0.39 is 0 Å². The van der Waals surface area contributed by atoms with Crippen LogP contribution in [0.2, 0.25) is 0 Å². The first-order chi connectivity index (χ1) is 11.5. The Morgan fingerprint density at radius 2 is 2.21 bits per heavy atom. The molecule has 24 heavy (non-hydrogen) atoms. The Kier molecular flexibility index (Phi) is 4.53. The molecule has 128 valence electrons. The van der Waals surface area contributed by atoms with Crippen molar-refractivity contribution in [3.63, 3.8) is 0 Å². The van der Waals surface area contributed by atoms with E-state index in [1.54, 1.807) is 13.1 Å². The van der Waals surface area contributed by atoms with E-state index in [0.29, 0.717) is 24.2 Å². The van der Waals surface area contributed by atoms with Crippen molar-refractivity contribution in [3.8, 4) is 0 Å². The molecule has 7 nitrogen and oxygen atoms in total. The summed E-state index contributed by atoms with van der Waals surface area (Å²) in [5.41, 5.74) is 1.07. The van der Waals surface area contributed by atoms with Crippen molar-refractivity contribution in [3.05, 3.63) is 52.0 Å². The molecule has 0 aliphatic carbocycles. The molecular formula is C17H23N5O2. The lowest BCUT2D eigenvalue weighted by Gasteiger charge is -2.40. The number of imidazole rings is 1. The highest BCUT2D eigenvalue weighted by Gasteiger charge is 2.32. The molecular weight excluding hydrogens is 306 g/mol. The average molecular weight is 329 g/mol. The molecule has 3 heterocycles. The van der Waals surface area contributed by atoms with Crippen molar-refractivity contribution in [2.24, 2.45) is 7.05 Å². The minimum atomic E-state index is -0.189. The van der Waals surface area contributed by atoms with Crippen LogP contribution in [0, 0.1) is 6.92 Å². The zero-order valence-electron chi connectivity index (χ0n) is 14.3. The third kappa shape index (κ3) is 2.99. The topological polar surface area (TPSA) is 74.2 Å². The average Bonchev–Trinajstić information content (AvgIpc) is 2.99. The fraction of sp³-hybridized carbons (Fsp3) is 0.471. The van der Waals surface area contributed by atoms with Crippen molar-refractivity contribution in [2.45, 2.75) is 19.9 Å². The number of rotatable bonds is 3. The van der Waals surface area contributed by atoms with Crippen LogP contribution in [0.5, 0.6) is 0 Å². The number of nitrogens with one attached hydrogen (secondary N) is 1. The van der Waals surface area contributed by atoms with Crippen molar-refractivity contribution in [2.75, 3.05) is 26.2 Å². The lowest BCUT2D eigenvalue weighted by atomic mass is 10.1. The number of aromatic amines is 1. The summed E-state index contributed by atoms with van der Waals surface area (Å²) in [6.45, 7) is 6.90. The molecule has 0 saturated carbocycles. The van der Waals surface area contributed by atoms with Crippen LogP contribution in [-0.2, 0) is 7.05 Å². The summed E-state index contributed by atoms with van der Waals surface area (Å²) in [6, 6.07) is 1.54. The fourth-order valence-corrected chi connectivity index (χ4v) is 3.30. The second kappa shape index (κ2) is 6.60. The zero-order valence-corrected chi connectivity index (χ0v) is 14.3. The molecule has 0 radical (unpaired) electrons. The molecule has 3 rings (SSSR count). The summed E-state index contributed by atoms with van der Waals surface area (Å²) < 4.78 is 2.01. The Hall–Kier alpha value is -2.41. The number of pyridine rings is 1. The van der Waals surface area contributed by atoms with Crippen LogP contribution >= 0.6 is 0 Å². The summed E-state index contributed by atoms with van der Waals surface area (Å²) >= 11 is 0. The van der Waals surface area contributed by atoms with Crippen LogP contribution in [-0.4, -0.2) is 56.4 Å². The summed E-state index contributed by atoms with van der Waals surface area (Å²) in [5, 5.41) is 0. The maximum absolute atomic E-state index is 12.9. The number of hydrogen-bond acceptors (Lipinski definition) is 4. The summed E-state index contributed by atoms with van der Waals surface area (Å²) in [6.07, 6.45) is 5.23. The number of carbonyl (C=O) groups is 1. The largest absolute Gasteiger partial charge is 0.337 e. The predicted molar refractivity (Wildman–Crippen MR) is 90.9 cm³/mol. The molecule has 0 spiro atoms. The Labute approximate surface area is 140 Å². The first-order valence-electron chi connectivity index (χ1n) is 8.21. The normalized spacial score (nSPS) is 18.8. The molecule has 1 fully saturated rings. The number of nitrogens with zero attached hydrogens (tertiary/aromatic N) is 4. The molecule has 1 atom stereocenters. The van der Waals surface area contributed by atoms with Crippen molar-refractivity contribution in [1.29, 1.82) is 0 Å². The van der Waals surface area contributed by atoms with Gasteiger partial charge in [0.05, 0.1) is 11.6 Å². The van der Waals surface area contributed by atoms with E-state index >= 15 is 0 Å². The number of H-pyrrole nitrogens is 1. The number of amides is 1. The Bertz CT molecular complexity index is 794. The Morgan fingerprint density at radius 1 is 1.42 bits per heavy atom. The lowest BCUT2D eigenvalue weighted by molar-refractivity contribution is 0.0472. The number of carbonyl (C=O) groups excluding carboxylic acids is 1. The SMILES string of the molecule is CCN1CCN(C(=O)c2c[nH]c(=O)cc2C)C[C@@H]1c1nccn1C. The van der Waals surface area contributed by atoms with Crippen LogP contribution in [0.25, 0.3) is 0 Å². The van der Waals surface area contributed by atoms with Gasteiger partial charge < -0.3 is 14.5 Å². The zero-order chi connectivity index (χ0) is 17.3. The van der Waals surface area contributed by atoms with Crippen LogP contribution in [0.4, 0.5) is 0 Å². The summed E-state index contributed by atoms with van der Waals surface area (Å²) in [5.74, 6) is 0.922. The third-order valence-corrected chi connectivity index (χ3v) is 4.70. The van der Waals surface area contributed by atoms with Crippen LogP contribution in [0.1, 0.15) is 34.7 Å². The molecule has 1 N–H and O–H groups in total. The number of likely N-dealkylation sites (N-methyl/N-ethyl adjacent to an activating group) is 1. The van der Waals surface area contributed by atoms with E-state index in [9.17, 15) is 9.59 Å². The number of aromatic nitrogens is 3. The van der Waals surface area contributed by atoms with E-state index in [0.717, 1.165) is 18.9 Å². The smallest absolute Gasteiger partial charge is 0.255 e. The van der Waals surface area contributed by atoms with Gasteiger partial charge in [-0.1, -0.05) is 6.92 Å². The van der Waals surface area contributed by atoms with Gasteiger partial charge in [0.15, 0.2) is 0 Å². The molecule has 7 heteroatoms. The molecule has 0 unspecified atom stereocenters. The van der Waals surface area contributed by atoms with E-state index in [1.807, 2.05) is 22.7 Å². The summed E-state index contributed by atoms with van der Waals surface area (Å²) in [7, 11) is 1.98. The van der Waals surface area contributed by atoms with Gasteiger partial charge in [-0.25, -0.2) is 4.98 Å². The van der Waals surface area contributed by atoms with Crippen molar-refractivity contribution in [1.82, 2.24) is 24.3 Å². The van der Waals surface area contributed by atoms with Gasteiger partial charge in [-0.15, -0.1) is 0 Å². The maximum atomic E-state index is 12.9. The maximum Gasteiger partial charge on any atom is 0.255 e. The molecule has 2 aromatic heterocycles. The molecule has 1 saturated heterocycles. The first-order valence-corrected chi connectivity index (χ1v) is 8.21. The van der Waals surface area contributed by atoms with Gasteiger partial charge in [-0.05, 0) is 19.0 Å². The van der Waals surface area contributed by atoms with Gasteiger partial charge in [-0.3, -0.25) is 14.5 Å². The molecule has 2 aromatic rings. The third-order valence-electron chi connectivity index (χ3n) is 4.70. The quantitative estimate of drug-likeness (QED) is 0.909. The summed E-state index contributed by atoms with van der Waals surface area (Å²) in [4.78, 5) is 35.5. The first kappa shape index (κ1) is 16.4. The highest BCUT2D eigenvalue weighted by Crippen LogP contribution is 2.25. The van der Waals surface area contributed by atoms with E-state index in [1.165, 1.54) is 12.3 Å². The molecule has 0 aromatic carbocycles. The minimum absolute atomic E-state index is 0.0429. The Morgan fingerprint density at radius 3 is 2.83 bits per heavy atom. The monoisotopic (exact) mass is 329 g/mol. The standard InChI is InChI=1S/C17H23N5O2/c1-4-21-7-8-22(11-14(21)16-18-5-6-20(16)3)17(24)13-10-19-15(23)9-12(13)2/h5-6,9-10,14H,4,7-8,11H2,1-3H3,(H,19,23)/t14-/m1/s1. The lowest BCUT2D eigenvalue weighted by Crippen LogP contribution is -2.51. The van der Waals surface area contributed by atoms with Crippen molar-refractivity contribution >= 4 is 5.91 Å². The Balaban J connectivity index is 1.86. The second-order valence-corrected chi connectivity index (χ2v) is 6.19. The predicted octanol–water partition coefficient (Wildman–Crippen LogP) is 0.936. The van der Waals surface area contributed by atoms with E-state index in [2.05, 4.69) is 21.8 Å². The highest BCUT2D eigenvalue weighted by atomic mass is 16.2. The molecule has 1 amide bonds. The van der Waals surface area contributed by atoms with Crippen LogP contribution in [0.3, 0.4) is 0 Å². The molecule has 0 bridgehead atoms. The van der Waals surface area contributed by atoms with Crippen LogP contribution < -0.4 is 5.56 Å². The van der Waals surface area contributed by atoms with Gasteiger partial charge in [0.2, 0.25) is 5.56 Å². The van der Waals surface area contributed by atoms with Gasteiger partial charge in [0, 0.05) is 51.3 Å². The van der Waals surface area contributed by atoms with Crippen molar-refractivity contribution < 1.29 is 4.79 Å². The van der Waals surface area contributed by atoms with E-state index in [4.69, 9.17) is 0 Å². The van der Waals surface area contributed by atoms with E-state index in [-0.39, 0.29) is 17.5 Å². The number of hydrogen-bond donors (Lipinski definition) is 1. The van der Waals surface area contributed by atoms with Gasteiger partial charge in [-0.2, -0.15) is 0 Å². The number of piperazine rings is 1. The molecule has 1 aliphatic heterocycles. The van der Waals surface area contributed by atoms with Gasteiger partial charge in [0.1, 0.15) is 5.82 Å². The second-order valence-electron chi connectivity index (χ2n) is 6.19.